The summed E-state index contributed by atoms with van der Waals surface area (Å²) in [6.45, 7) is 3.71. The standard InChI is InChI=1S/C15H23N3O2S.HI/c1-11-4-8-14(9-5-11)21(19,20)10-12(2)17-15(16)18(3)13-6-7-13;/h4-5,8-9,12-13H,6-7,10H2,1-3H3,(H2,16,17);1H. The van der Waals surface area contributed by atoms with Crippen molar-refractivity contribution in [3.63, 3.8) is 0 Å². The maximum Gasteiger partial charge on any atom is 0.191 e. The van der Waals surface area contributed by atoms with Gasteiger partial charge in [-0.25, -0.2) is 13.4 Å². The van der Waals surface area contributed by atoms with Gasteiger partial charge >= 0.3 is 0 Å². The lowest BCUT2D eigenvalue weighted by molar-refractivity contribution is 0.484. The fourth-order valence-corrected chi connectivity index (χ4v) is 3.62. The number of nitrogens with zero attached hydrogens (tertiary/aromatic N) is 2. The van der Waals surface area contributed by atoms with E-state index < -0.39 is 9.84 Å². The van der Waals surface area contributed by atoms with E-state index >= 15 is 0 Å². The molecular weight excluding hydrogens is 413 g/mol. The van der Waals surface area contributed by atoms with Crippen LogP contribution in [-0.2, 0) is 9.84 Å². The number of aliphatic imine (C=N–C) groups is 1. The third-order valence-electron chi connectivity index (χ3n) is 3.65. The van der Waals surface area contributed by atoms with Crippen molar-refractivity contribution in [2.24, 2.45) is 10.7 Å². The molecule has 1 unspecified atom stereocenters. The van der Waals surface area contributed by atoms with Gasteiger partial charge in [-0.3, -0.25) is 0 Å². The minimum Gasteiger partial charge on any atom is -0.370 e. The summed E-state index contributed by atoms with van der Waals surface area (Å²) in [7, 11) is -1.43. The summed E-state index contributed by atoms with van der Waals surface area (Å²) in [5.74, 6) is 0.388. The predicted molar refractivity (Wildman–Crippen MR) is 101 cm³/mol. The molecule has 0 saturated heterocycles. The van der Waals surface area contributed by atoms with E-state index in [2.05, 4.69) is 4.99 Å². The Morgan fingerprint density at radius 2 is 1.91 bits per heavy atom. The molecule has 1 saturated carbocycles. The molecule has 0 heterocycles. The Kier molecular flexibility index (Phi) is 6.66. The van der Waals surface area contributed by atoms with Gasteiger partial charge in [-0.1, -0.05) is 17.7 Å². The van der Waals surface area contributed by atoms with Gasteiger partial charge in [0.05, 0.1) is 16.7 Å². The first-order valence-corrected chi connectivity index (χ1v) is 8.80. The summed E-state index contributed by atoms with van der Waals surface area (Å²) in [6, 6.07) is 6.99. The highest BCUT2D eigenvalue weighted by Crippen LogP contribution is 2.25. The normalized spacial score (nSPS) is 16.8. The zero-order chi connectivity index (χ0) is 15.6. The van der Waals surface area contributed by atoms with Crippen LogP contribution in [0.3, 0.4) is 0 Å². The summed E-state index contributed by atoms with van der Waals surface area (Å²) in [4.78, 5) is 6.57. The molecular formula is C15H24IN3O2S. The molecule has 2 N–H and O–H groups in total. The average Bonchev–Trinajstić information content (AvgIpc) is 3.21. The Hall–Kier alpha value is -0.830. The van der Waals surface area contributed by atoms with Crippen LogP contribution >= 0.6 is 24.0 Å². The number of hydrogen-bond donors (Lipinski definition) is 1. The monoisotopic (exact) mass is 437 g/mol. The minimum atomic E-state index is -3.33. The third-order valence-corrected chi connectivity index (χ3v) is 5.56. The lowest BCUT2D eigenvalue weighted by atomic mass is 10.2. The Bertz CT molecular complexity index is 625. The van der Waals surface area contributed by atoms with Crippen molar-refractivity contribution in [2.75, 3.05) is 12.8 Å². The van der Waals surface area contributed by atoms with E-state index in [0.717, 1.165) is 18.4 Å². The number of nitrogens with two attached hydrogens (primary N) is 1. The van der Waals surface area contributed by atoms with Crippen molar-refractivity contribution in [3.05, 3.63) is 29.8 Å². The zero-order valence-electron chi connectivity index (χ0n) is 13.2. The van der Waals surface area contributed by atoms with Gasteiger partial charge in [0.25, 0.3) is 0 Å². The van der Waals surface area contributed by atoms with Gasteiger partial charge in [-0.05, 0) is 38.8 Å². The van der Waals surface area contributed by atoms with Crippen LogP contribution in [-0.4, -0.2) is 44.2 Å². The van der Waals surface area contributed by atoms with Crippen LogP contribution in [0, 0.1) is 6.92 Å². The van der Waals surface area contributed by atoms with Crippen molar-refractivity contribution in [3.8, 4) is 0 Å². The summed E-state index contributed by atoms with van der Waals surface area (Å²) in [5, 5.41) is 0. The quantitative estimate of drug-likeness (QED) is 0.435. The van der Waals surface area contributed by atoms with Gasteiger partial charge in [-0.2, -0.15) is 0 Å². The maximum atomic E-state index is 12.3. The predicted octanol–water partition coefficient (Wildman–Crippen LogP) is 2.18. The van der Waals surface area contributed by atoms with E-state index in [1.807, 2.05) is 18.9 Å². The van der Waals surface area contributed by atoms with Crippen LogP contribution in [0.15, 0.2) is 34.2 Å². The molecule has 0 spiro atoms. The molecule has 1 aliphatic carbocycles. The van der Waals surface area contributed by atoms with E-state index in [0.29, 0.717) is 16.9 Å². The van der Waals surface area contributed by atoms with Crippen LogP contribution in [0.25, 0.3) is 0 Å². The van der Waals surface area contributed by atoms with Gasteiger partial charge in [0.1, 0.15) is 0 Å². The van der Waals surface area contributed by atoms with Crippen LogP contribution in [0.4, 0.5) is 0 Å². The van der Waals surface area contributed by atoms with Gasteiger partial charge < -0.3 is 10.6 Å². The first-order chi connectivity index (χ1) is 9.79. The van der Waals surface area contributed by atoms with Crippen LogP contribution < -0.4 is 5.73 Å². The second-order valence-electron chi connectivity index (χ2n) is 5.77. The number of sulfone groups is 1. The average molecular weight is 437 g/mol. The number of aryl methyl sites for hydroxylation is 1. The second kappa shape index (κ2) is 7.63. The van der Waals surface area contributed by atoms with Crippen molar-refractivity contribution in [2.45, 2.75) is 43.7 Å². The fraction of sp³-hybridized carbons (Fsp3) is 0.533. The molecule has 124 valence electrons. The minimum absolute atomic E-state index is 0. The molecule has 7 heteroatoms. The smallest absolute Gasteiger partial charge is 0.191 e. The van der Waals surface area contributed by atoms with Crippen LogP contribution in [0.1, 0.15) is 25.3 Å². The van der Waals surface area contributed by atoms with Crippen LogP contribution in [0.5, 0.6) is 0 Å². The van der Waals surface area contributed by atoms with E-state index in [-0.39, 0.29) is 35.8 Å². The molecule has 0 radical (unpaired) electrons. The van der Waals surface area contributed by atoms with E-state index in [1.165, 1.54) is 0 Å². The van der Waals surface area contributed by atoms with Crippen molar-refractivity contribution in [1.82, 2.24) is 4.90 Å². The molecule has 1 atom stereocenters. The fourth-order valence-electron chi connectivity index (χ4n) is 2.16. The highest BCUT2D eigenvalue weighted by molar-refractivity contribution is 14.0. The highest BCUT2D eigenvalue weighted by Gasteiger charge is 2.28. The molecule has 0 aliphatic heterocycles. The topological polar surface area (TPSA) is 75.8 Å². The largest absolute Gasteiger partial charge is 0.370 e. The third kappa shape index (κ3) is 5.12. The number of hydrogen-bond acceptors (Lipinski definition) is 3. The van der Waals surface area contributed by atoms with Crippen molar-refractivity contribution < 1.29 is 8.42 Å². The number of halogens is 1. The number of benzene rings is 1. The van der Waals surface area contributed by atoms with Gasteiger partial charge in [0.2, 0.25) is 0 Å². The molecule has 1 aromatic carbocycles. The summed E-state index contributed by atoms with van der Waals surface area (Å²) in [5.41, 5.74) is 6.95. The molecule has 5 nitrogen and oxygen atoms in total. The van der Waals surface area contributed by atoms with E-state index in [4.69, 9.17) is 5.73 Å². The zero-order valence-corrected chi connectivity index (χ0v) is 16.3. The lowest BCUT2D eigenvalue weighted by Gasteiger charge is -2.18. The Labute approximate surface area is 149 Å². The second-order valence-corrected chi connectivity index (χ2v) is 7.81. The summed E-state index contributed by atoms with van der Waals surface area (Å²) < 4.78 is 24.7. The SMILES string of the molecule is Cc1ccc(S(=O)(=O)CC(C)N=C(N)N(C)C2CC2)cc1.I. The summed E-state index contributed by atoms with van der Waals surface area (Å²) in [6.07, 6.45) is 2.26. The van der Waals surface area contributed by atoms with Crippen molar-refractivity contribution >= 4 is 39.8 Å². The van der Waals surface area contributed by atoms with E-state index in [9.17, 15) is 8.42 Å². The molecule has 22 heavy (non-hydrogen) atoms. The Balaban J connectivity index is 0.00000242. The molecule has 0 aromatic heterocycles. The highest BCUT2D eigenvalue weighted by atomic mass is 127. The lowest BCUT2D eigenvalue weighted by Crippen LogP contribution is -2.37. The van der Waals surface area contributed by atoms with Crippen molar-refractivity contribution in [1.29, 1.82) is 0 Å². The number of rotatable bonds is 5. The Morgan fingerprint density at radius 1 is 1.36 bits per heavy atom. The summed E-state index contributed by atoms with van der Waals surface area (Å²) >= 11 is 0. The maximum absolute atomic E-state index is 12.3. The van der Waals surface area contributed by atoms with E-state index in [1.54, 1.807) is 31.2 Å². The number of guanidine groups is 1. The first-order valence-electron chi connectivity index (χ1n) is 7.15. The molecule has 1 aliphatic rings. The van der Waals surface area contributed by atoms with Gasteiger partial charge in [0.15, 0.2) is 15.8 Å². The molecule has 1 fully saturated rings. The molecule has 2 rings (SSSR count). The molecule has 0 amide bonds. The van der Waals surface area contributed by atoms with Crippen LogP contribution in [0.2, 0.25) is 0 Å². The molecule has 1 aromatic rings. The van der Waals surface area contributed by atoms with Gasteiger partial charge in [0, 0.05) is 13.1 Å². The molecule has 0 bridgehead atoms. The van der Waals surface area contributed by atoms with Gasteiger partial charge in [-0.15, -0.1) is 24.0 Å². The first kappa shape index (κ1) is 19.2. The Morgan fingerprint density at radius 3 is 2.41 bits per heavy atom.